The van der Waals surface area contributed by atoms with E-state index in [0.29, 0.717) is 23.4 Å². The van der Waals surface area contributed by atoms with E-state index in [0.717, 1.165) is 6.07 Å². The Morgan fingerprint density at radius 2 is 1.77 bits per heavy atom. The van der Waals surface area contributed by atoms with Gasteiger partial charge in [-0.05, 0) is 29.8 Å². The van der Waals surface area contributed by atoms with E-state index >= 15 is 0 Å². The van der Waals surface area contributed by atoms with Crippen molar-refractivity contribution in [1.82, 2.24) is 4.90 Å². The van der Waals surface area contributed by atoms with Crippen molar-refractivity contribution in [2.24, 2.45) is 0 Å². The number of hydrogen-bond acceptors (Lipinski definition) is 2. The molecule has 2 rings (SSSR count). The topological polar surface area (TPSA) is 49.4 Å². The van der Waals surface area contributed by atoms with Gasteiger partial charge in [-0.2, -0.15) is 13.2 Å². The Morgan fingerprint density at radius 1 is 1.12 bits per heavy atom. The summed E-state index contributed by atoms with van der Waals surface area (Å²) in [5.74, 6) is -2.44. The van der Waals surface area contributed by atoms with E-state index in [-0.39, 0.29) is 18.0 Å². The lowest BCUT2D eigenvalue weighted by atomic mass is 10.1. The molecule has 2 aromatic rings. The molecule has 0 unspecified atom stereocenters. The van der Waals surface area contributed by atoms with Crippen LogP contribution in [0.15, 0.2) is 42.5 Å². The molecule has 26 heavy (non-hydrogen) atoms. The third kappa shape index (κ3) is 4.59. The molecule has 4 nitrogen and oxygen atoms in total. The molecule has 0 bridgehead atoms. The number of anilines is 1. The molecule has 2 amide bonds. The number of amides is 2. The van der Waals surface area contributed by atoms with Crippen molar-refractivity contribution >= 4 is 17.5 Å². The van der Waals surface area contributed by atoms with E-state index in [2.05, 4.69) is 5.32 Å². The minimum atomic E-state index is -4.90. The Morgan fingerprint density at radius 3 is 2.38 bits per heavy atom. The van der Waals surface area contributed by atoms with Crippen LogP contribution in [0, 0.1) is 5.82 Å². The van der Waals surface area contributed by atoms with Gasteiger partial charge in [0.15, 0.2) is 0 Å². The minimum absolute atomic E-state index is 0.181. The molecule has 0 radical (unpaired) electrons. The highest BCUT2D eigenvalue weighted by Gasteiger charge is 2.34. The largest absolute Gasteiger partial charge is 0.419 e. The van der Waals surface area contributed by atoms with Gasteiger partial charge in [0.25, 0.3) is 5.91 Å². The number of nitrogens with one attached hydrogen (secondary N) is 1. The fourth-order valence-corrected chi connectivity index (χ4v) is 2.23. The predicted octanol–water partition coefficient (Wildman–Crippen LogP) is 4.08. The summed E-state index contributed by atoms with van der Waals surface area (Å²) in [4.78, 5) is 25.1. The molecule has 1 N–H and O–H groups in total. The van der Waals surface area contributed by atoms with Crippen LogP contribution in [-0.4, -0.2) is 23.8 Å². The second kappa shape index (κ2) is 7.55. The summed E-state index contributed by atoms with van der Waals surface area (Å²) >= 11 is 0. The van der Waals surface area contributed by atoms with Gasteiger partial charge in [0.2, 0.25) is 5.91 Å². The monoisotopic (exact) mass is 368 g/mol. The maximum absolute atomic E-state index is 13.3. The van der Waals surface area contributed by atoms with Crippen molar-refractivity contribution in [3.8, 4) is 0 Å². The van der Waals surface area contributed by atoms with E-state index in [4.69, 9.17) is 0 Å². The van der Waals surface area contributed by atoms with Crippen LogP contribution in [0.3, 0.4) is 0 Å². The number of nitrogens with zero attached hydrogens (tertiary/aromatic N) is 1. The summed E-state index contributed by atoms with van der Waals surface area (Å²) in [6.07, 6.45) is -4.90. The SMILES string of the molecule is CC(=O)N(C)Cc1ccccc1NC(=O)c1ccc(F)c(C(F)(F)F)c1. The summed E-state index contributed by atoms with van der Waals surface area (Å²) in [6, 6.07) is 8.64. The Balaban J connectivity index is 2.27. The summed E-state index contributed by atoms with van der Waals surface area (Å²) in [5, 5.41) is 2.50. The molecule has 0 aromatic heterocycles. The van der Waals surface area contributed by atoms with E-state index in [1.54, 1.807) is 31.3 Å². The van der Waals surface area contributed by atoms with Gasteiger partial charge in [0.05, 0.1) is 5.56 Å². The fraction of sp³-hybridized carbons (Fsp3) is 0.222. The van der Waals surface area contributed by atoms with Gasteiger partial charge in [-0.25, -0.2) is 4.39 Å². The van der Waals surface area contributed by atoms with Crippen LogP contribution in [0.25, 0.3) is 0 Å². The molecule has 8 heteroatoms. The van der Waals surface area contributed by atoms with Crippen molar-refractivity contribution < 1.29 is 27.2 Å². The van der Waals surface area contributed by atoms with Gasteiger partial charge in [0.1, 0.15) is 5.82 Å². The molecule has 0 aliphatic rings. The fourth-order valence-electron chi connectivity index (χ4n) is 2.23. The van der Waals surface area contributed by atoms with Gasteiger partial charge >= 0.3 is 6.18 Å². The zero-order valence-electron chi connectivity index (χ0n) is 14.0. The molecule has 0 heterocycles. The van der Waals surface area contributed by atoms with E-state index in [1.165, 1.54) is 11.8 Å². The second-order valence-electron chi connectivity index (χ2n) is 5.68. The summed E-state index contributed by atoms with van der Waals surface area (Å²) in [5.41, 5.74) is -0.872. The first-order valence-corrected chi connectivity index (χ1v) is 7.57. The lowest BCUT2D eigenvalue weighted by molar-refractivity contribution is -0.140. The normalized spacial score (nSPS) is 11.2. The van der Waals surface area contributed by atoms with Gasteiger partial charge in [-0.15, -0.1) is 0 Å². The summed E-state index contributed by atoms with van der Waals surface area (Å²) < 4.78 is 51.7. The molecule has 0 saturated heterocycles. The molecule has 0 atom stereocenters. The Kier molecular flexibility index (Phi) is 5.64. The molecule has 0 saturated carbocycles. The van der Waals surface area contributed by atoms with Crippen molar-refractivity contribution in [2.75, 3.05) is 12.4 Å². The van der Waals surface area contributed by atoms with Gasteiger partial charge in [-0.3, -0.25) is 9.59 Å². The first-order chi connectivity index (χ1) is 12.1. The Labute approximate surface area is 147 Å². The molecule has 138 valence electrons. The Hall–Kier alpha value is -2.90. The second-order valence-corrected chi connectivity index (χ2v) is 5.68. The Bertz CT molecular complexity index is 834. The molecular weight excluding hydrogens is 352 g/mol. The van der Waals surface area contributed by atoms with Crippen LogP contribution < -0.4 is 5.32 Å². The van der Waals surface area contributed by atoms with Crippen LogP contribution in [0.2, 0.25) is 0 Å². The standard InChI is InChI=1S/C18H16F4N2O2/c1-11(25)24(2)10-13-5-3-4-6-16(13)23-17(26)12-7-8-15(19)14(9-12)18(20,21)22/h3-9H,10H2,1-2H3,(H,23,26). The number of rotatable bonds is 4. The highest BCUT2D eigenvalue weighted by Crippen LogP contribution is 2.32. The quantitative estimate of drug-likeness (QED) is 0.827. The van der Waals surface area contributed by atoms with Gasteiger partial charge in [-0.1, -0.05) is 18.2 Å². The van der Waals surface area contributed by atoms with Gasteiger partial charge < -0.3 is 10.2 Å². The predicted molar refractivity (Wildman–Crippen MR) is 87.9 cm³/mol. The summed E-state index contributed by atoms with van der Waals surface area (Å²) in [7, 11) is 1.58. The number of hydrogen-bond donors (Lipinski definition) is 1. The van der Waals surface area contributed by atoms with E-state index < -0.39 is 23.5 Å². The average molecular weight is 368 g/mol. The maximum atomic E-state index is 13.3. The van der Waals surface area contributed by atoms with Crippen LogP contribution in [0.5, 0.6) is 0 Å². The minimum Gasteiger partial charge on any atom is -0.342 e. The molecular formula is C18H16F4N2O2. The first kappa shape index (κ1) is 19.4. The number of halogens is 4. The summed E-state index contributed by atoms with van der Waals surface area (Å²) in [6.45, 7) is 1.60. The maximum Gasteiger partial charge on any atom is 0.419 e. The highest BCUT2D eigenvalue weighted by molar-refractivity contribution is 6.04. The molecule has 0 spiro atoms. The van der Waals surface area contributed by atoms with Crippen molar-refractivity contribution in [2.45, 2.75) is 19.6 Å². The highest BCUT2D eigenvalue weighted by atomic mass is 19.4. The number of alkyl halides is 3. The number of carbonyl (C=O) groups is 2. The molecule has 2 aromatic carbocycles. The van der Waals surface area contributed by atoms with Crippen LogP contribution in [-0.2, 0) is 17.5 Å². The zero-order chi connectivity index (χ0) is 19.5. The average Bonchev–Trinajstić information content (AvgIpc) is 2.55. The molecule has 0 fully saturated rings. The lowest BCUT2D eigenvalue weighted by Gasteiger charge is -2.18. The van der Waals surface area contributed by atoms with Crippen molar-refractivity contribution in [1.29, 1.82) is 0 Å². The van der Waals surface area contributed by atoms with Gasteiger partial charge in [0, 0.05) is 31.8 Å². The van der Waals surface area contributed by atoms with E-state index in [9.17, 15) is 27.2 Å². The van der Waals surface area contributed by atoms with Crippen LogP contribution in [0.4, 0.5) is 23.2 Å². The number of para-hydroxylation sites is 1. The molecule has 0 aliphatic heterocycles. The van der Waals surface area contributed by atoms with Crippen molar-refractivity contribution in [3.05, 3.63) is 65.0 Å². The van der Waals surface area contributed by atoms with E-state index in [1.807, 2.05) is 0 Å². The van der Waals surface area contributed by atoms with Crippen LogP contribution >= 0.6 is 0 Å². The lowest BCUT2D eigenvalue weighted by Crippen LogP contribution is -2.24. The smallest absolute Gasteiger partial charge is 0.342 e. The van der Waals surface area contributed by atoms with Crippen molar-refractivity contribution in [3.63, 3.8) is 0 Å². The third-order valence-corrected chi connectivity index (χ3v) is 3.74. The first-order valence-electron chi connectivity index (χ1n) is 7.57. The zero-order valence-corrected chi connectivity index (χ0v) is 14.0. The number of carbonyl (C=O) groups excluding carboxylic acids is 2. The van der Waals surface area contributed by atoms with Crippen LogP contribution in [0.1, 0.15) is 28.4 Å². The third-order valence-electron chi connectivity index (χ3n) is 3.74. The number of benzene rings is 2. The molecule has 0 aliphatic carbocycles.